The second kappa shape index (κ2) is 7.89. The topological polar surface area (TPSA) is 29.1 Å². The average Bonchev–Trinajstić information content (AvgIpc) is 2.49. The summed E-state index contributed by atoms with van der Waals surface area (Å²) in [4.78, 5) is 12.6. The van der Waals surface area contributed by atoms with Gasteiger partial charge in [0.05, 0.1) is 0 Å². The molecule has 1 unspecified atom stereocenters. The first kappa shape index (κ1) is 15.6. The molecule has 1 N–H and O–H groups in total. The van der Waals surface area contributed by atoms with Crippen LogP contribution in [0.3, 0.4) is 0 Å². The quantitative estimate of drug-likeness (QED) is 0.833. The lowest BCUT2D eigenvalue weighted by atomic mass is 10.1. The molecule has 1 atom stereocenters. The van der Waals surface area contributed by atoms with Gasteiger partial charge in [0, 0.05) is 5.69 Å². The van der Waals surface area contributed by atoms with Crippen molar-refractivity contribution in [1.29, 1.82) is 0 Å². The third-order valence-corrected chi connectivity index (χ3v) is 4.66. The first-order valence-corrected chi connectivity index (χ1v) is 8.24. The van der Waals surface area contributed by atoms with Crippen molar-refractivity contribution in [3.05, 3.63) is 66.2 Å². The molecule has 0 radical (unpaired) electrons. The summed E-state index contributed by atoms with van der Waals surface area (Å²) >= 11 is 1.70. The maximum absolute atomic E-state index is 12.6. The van der Waals surface area contributed by atoms with Crippen LogP contribution in [0, 0.1) is 5.92 Å². The van der Waals surface area contributed by atoms with Crippen molar-refractivity contribution in [2.24, 2.45) is 5.92 Å². The number of amides is 1. The number of nitrogens with one attached hydrogen (secondary N) is 1. The number of carbonyl (C=O) groups excluding carboxylic acids is 1. The molecule has 0 aliphatic carbocycles. The molecule has 0 bridgehead atoms. The Hall–Kier alpha value is -1.74. The van der Waals surface area contributed by atoms with Gasteiger partial charge in [0.2, 0.25) is 5.91 Å². The number of para-hydroxylation sites is 1. The molecular weight excluding hydrogens is 278 g/mol. The van der Waals surface area contributed by atoms with Crippen molar-refractivity contribution in [1.82, 2.24) is 0 Å². The Morgan fingerprint density at radius 2 is 1.57 bits per heavy atom. The molecule has 0 spiro atoms. The van der Waals surface area contributed by atoms with Crippen LogP contribution in [0.1, 0.15) is 24.7 Å². The Balaban J connectivity index is 2.12. The zero-order valence-electron chi connectivity index (χ0n) is 12.5. The minimum absolute atomic E-state index is 0.0399. The molecular formula is C18H21NOS. The fourth-order valence-corrected chi connectivity index (χ4v) is 3.11. The van der Waals surface area contributed by atoms with Crippen LogP contribution in [0.4, 0.5) is 5.69 Å². The molecule has 2 rings (SSSR count). The number of hydrogen-bond acceptors (Lipinski definition) is 2. The van der Waals surface area contributed by atoms with Crippen LogP contribution >= 0.6 is 11.8 Å². The molecule has 0 heterocycles. The average molecular weight is 299 g/mol. The van der Waals surface area contributed by atoms with Crippen LogP contribution < -0.4 is 5.32 Å². The van der Waals surface area contributed by atoms with Gasteiger partial charge in [0.1, 0.15) is 5.25 Å². The highest BCUT2D eigenvalue weighted by atomic mass is 32.2. The van der Waals surface area contributed by atoms with E-state index in [4.69, 9.17) is 0 Å². The molecule has 110 valence electrons. The van der Waals surface area contributed by atoms with Gasteiger partial charge in [-0.3, -0.25) is 4.79 Å². The highest BCUT2D eigenvalue weighted by molar-refractivity contribution is 8.00. The van der Waals surface area contributed by atoms with Gasteiger partial charge in [-0.1, -0.05) is 62.4 Å². The molecule has 2 nitrogen and oxygen atoms in total. The van der Waals surface area contributed by atoms with E-state index in [1.54, 1.807) is 11.8 Å². The highest BCUT2D eigenvalue weighted by Gasteiger charge is 2.21. The van der Waals surface area contributed by atoms with Crippen LogP contribution in [-0.2, 0) is 4.79 Å². The number of thioether (sulfide) groups is 1. The highest BCUT2D eigenvalue weighted by Crippen LogP contribution is 2.31. The fourth-order valence-electron chi connectivity index (χ4n) is 1.97. The van der Waals surface area contributed by atoms with Crippen LogP contribution in [0.5, 0.6) is 0 Å². The minimum atomic E-state index is -0.172. The molecule has 0 fully saturated rings. The molecule has 1 amide bonds. The van der Waals surface area contributed by atoms with Gasteiger partial charge >= 0.3 is 0 Å². The lowest BCUT2D eigenvalue weighted by Crippen LogP contribution is -2.19. The van der Waals surface area contributed by atoms with E-state index in [1.165, 1.54) is 0 Å². The third-order valence-electron chi connectivity index (χ3n) is 2.98. The Kier molecular flexibility index (Phi) is 5.88. The summed E-state index contributed by atoms with van der Waals surface area (Å²) in [5.41, 5.74) is 1.89. The van der Waals surface area contributed by atoms with E-state index in [-0.39, 0.29) is 11.2 Å². The number of hydrogen-bond donors (Lipinski definition) is 1. The van der Waals surface area contributed by atoms with Crippen molar-refractivity contribution in [3.63, 3.8) is 0 Å². The maximum Gasteiger partial charge on any atom is 0.241 e. The molecule has 0 saturated heterocycles. The summed E-state index contributed by atoms with van der Waals surface area (Å²) in [5.74, 6) is 1.56. The Labute approximate surface area is 131 Å². The molecule has 0 aromatic heterocycles. The first-order chi connectivity index (χ1) is 10.2. The van der Waals surface area contributed by atoms with Crippen LogP contribution in [0.2, 0.25) is 0 Å². The SMILES string of the molecule is CC(C)CSC(C(=O)Nc1ccccc1)c1ccccc1. The first-order valence-electron chi connectivity index (χ1n) is 7.19. The van der Waals surface area contributed by atoms with E-state index in [0.29, 0.717) is 5.92 Å². The zero-order valence-corrected chi connectivity index (χ0v) is 13.3. The maximum atomic E-state index is 12.6. The Morgan fingerprint density at radius 1 is 1.00 bits per heavy atom. The van der Waals surface area contributed by atoms with Crippen molar-refractivity contribution in [2.45, 2.75) is 19.1 Å². The van der Waals surface area contributed by atoms with Gasteiger partial charge < -0.3 is 5.32 Å². The van der Waals surface area contributed by atoms with Crippen molar-refractivity contribution in [2.75, 3.05) is 11.1 Å². The van der Waals surface area contributed by atoms with Gasteiger partial charge in [0.25, 0.3) is 0 Å². The monoisotopic (exact) mass is 299 g/mol. The summed E-state index contributed by atoms with van der Waals surface area (Å²) in [6.45, 7) is 4.34. The van der Waals surface area contributed by atoms with Crippen LogP contribution in [-0.4, -0.2) is 11.7 Å². The summed E-state index contributed by atoms with van der Waals surface area (Å²) in [6.07, 6.45) is 0. The Bertz CT molecular complexity index is 554. The second-order valence-electron chi connectivity index (χ2n) is 5.37. The van der Waals surface area contributed by atoms with Crippen LogP contribution in [0.25, 0.3) is 0 Å². The number of benzene rings is 2. The van der Waals surface area contributed by atoms with Crippen LogP contribution in [0.15, 0.2) is 60.7 Å². The molecule has 2 aromatic rings. The minimum Gasteiger partial charge on any atom is -0.325 e. The molecule has 21 heavy (non-hydrogen) atoms. The van der Waals surface area contributed by atoms with E-state index < -0.39 is 0 Å². The summed E-state index contributed by atoms with van der Waals surface area (Å²) < 4.78 is 0. The van der Waals surface area contributed by atoms with Gasteiger partial charge in [-0.2, -0.15) is 0 Å². The fraction of sp³-hybridized carbons (Fsp3) is 0.278. The lowest BCUT2D eigenvalue weighted by molar-refractivity contribution is -0.115. The predicted octanol–water partition coefficient (Wildman–Crippen LogP) is 4.76. The normalized spacial score (nSPS) is 12.1. The molecule has 3 heteroatoms. The summed E-state index contributed by atoms with van der Waals surface area (Å²) in [5, 5.41) is 2.83. The van der Waals surface area contributed by atoms with E-state index in [0.717, 1.165) is 17.0 Å². The zero-order chi connectivity index (χ0) is 15.1. The number of anilines is 1. The lowest BCUT2D eigenvalue weighted by Gasteiger charge is -2.18. The van der Waals surface area contributed by atoms with Crippen molar-refractivity contribution >= 4 is 23.4 Å². The number of rotatable bonds is 6. The van der Waals surface area contributed by atoms with Gasteiger partial charge in [0.15, 0.2) is 0 Å². The molecule has 0 saturated carbocycles. The molecule has 0 aliphatic rings. The van der Waals surface area contributed by atoms with Gasteiger partial charge in [-0.15, -0.1) is 11.8 Å². The molecule has 2 aromatic carbocycles. The van der Waals surface area contributed by atoms with Gasteiger partial charge in [-0.05, 0) is 29.4 Å². The third kappa shape index (κ3) is 4.94. The number of carbonyl (C=O) groups is 1. The summed E-state index contributed by atoms with van der Waals surface area (Å²) in [7, 11) is 0. The van der Waals surface area contributed by atoms with E-state index >= 15 is 0 Å². The second-order valence-corrected chi connectivity index (χ2v) is 6.51. The molecule has 0 aliphatic heterocycles. The van der Waals surface area contributed by atoms with Crippen molar-refractivity contribution in [3.8, 4) is 0 Å². The standard InChI is InChI=1S/C18H21NOS/c1-14(2)13-21-17(15-9-5-3-6-10-15)18(20)19-16-11-7-4-8-12-16/h3-12,14,17H,13H2,1-2H3,(H,19,20). The van der Waals surface area contributed by atoms with E-state index in [2.05, 4.69) is 19.2 Å². The smallest absolute Gasteiger partial charge is 0.241 e. The van der Waals surface area contributed by atoms with Gasteiger partial charge in [-0.25, -0.2) is 0 Å². The van der Waals surface area contributed by atoms with E-state index in [1.807, 2.05) is 60.7 Å². The Morgan fingerprint density at radius 3 is 2.14 bits per heavy atom. The largest absolute Gasteiger partial charge is 0.325 e. The van der Waals surface area contributed by atoms with E-state index in [9.17, 15) is 4.79 Å². The van der Waals surface area contributed by atoms with Crippen molar-refractivity contribution < 1.29 is 4.79 Å². The summed E-state index contributed by atoms with van der Waals surface area (Å²) in [6, 6.07) is 19.6. The predicted molar refractivity (Wildman–Crippen MR) is 91.6 cm³/mol.